The third kappa shape index (κ3) is 4.06. The average Bonchev–Trinajstić information content (AvgIpc) is 2.49. The Morgan fingerprint density at radius 2 is 1.82 bits per heavy atom. The van der Waals surface area contributed by atoms with Gasteiger partial charge in [-0.1, -0.05) is 29.3 Å². The van der Waals surface area contributed by atoms with E-state index in [1.807, 2.05) is 19.1 Å². The molecule has 22 heavy (non-hydrogen) atoms. The van der Waals surface area contributed by atoms with Crippen LogP contribution in [-0.4, -0.2) is 12.8 Å². The first-order valence-electron chi connectivity index (χ1n) is 6.71. The predicted molar refractivity (Wildman–Crippen MR) is 90.2 cm³/mol. The highest BCUT2D eigenvalue weighted by atomic mass is 35.5. The molecule has 0 amide bonds. The number of rotatable bonds is 6. The van der Waals surface area contributed by atoms with E-state index in [2.05, 4.69) is 5.10 Å². The minimum atomic E-state index is 0.253. The molecule has 0 atom stereocenters. The van der Waals surface area contributed by atoms with Gasteiger partial charge in [0.1, 0.15) is 6.61 Å². The fourth-order valence-electron chi connectivity index (χ4n) is 1.90. The average molecular weight is 339 g/mol. The van der Waals surface area contributed by atoms with E-state index in [1.165, 1.54) is 6.21 Å². The van der Waals surface area contributed by atoms with Gasteiger partial charge in [0.15, 0.2) is 11.5 Å². The number of hydrogen-bond acceptors (Lipinski definition) is 4. The summed E-state index contributed by atoms with van der Waals surface area (Å²) in [6.45, 7) is 2.67. The Morgan fingerprint density at radius 3 is 2.45 bits per heavy atom. The molecule has 0 saturated carbocycles. The van der Waals surface area contributed by atoms with Crippen molar-refractivity contribution in [3.63, 3.8) is 0 Å². The van der Waals surface area contributed by atoms with Crippen molar-refractivity contribution in [3.05, 3.63) is 57.6 Å². The van der Waals surface area contributed by atoms with Gasteiger partial charge in [0.25, 0.3) is 0 Å². The highest BCUT2D eigenvalue weighted by molar-refractivity contribution is 6.35. The molecule has 2 aromatic rings. The minimum absolute atomic E-state index is 0.253. The fourth-order valence-corrected chi connectivity index (χ4v) is 2.41. The summed E-state index contributed by atoms with van der Waals surface area (Å²) in [7, 11) is 0. The van der Waals surface area contributed by atoms with Crippen LogP contribution < -0.4 is 15.3 Å². The van der Waals surface area contributed by atoms with Crippen LogP contribution in [0.4, 0.5) is 0 Å². The molecule has 0 aliphatic heterocycles. The monoisotopic (exact) mass is 338 g/mol. The summed E-state index contributed by atoms with van der Waals surface area (Å²) in [5.41, 5.74) is 1.56. The molecule has 0 bridgehead atoms. The normalized spacial score (nSPS) is 10.9. The van der Waals surface area contributed by atoms with E-state index in [1.54, 1.807) is 24.3 Å². The molecule has 4 nitrogen and oxygen atoms in total. The lowest BCUT2D eigenvalue weighted by atomic mass is 10.2. The highest BCUT2D eigenvalue weighted by Crippen LogP contribution is 2.31. The molecule has 0 unspecified atom stereocenters. The summed E-state index contributed by atoms with van der Waals surface area (Å²) in [5.74, 6) is 6.38. The van der Waals surface area contributed by atoms with E-state index >= 15 is 0 Å². The number of hydrazone groups is 1. The van der Waals surface area contributed by atoms with E-state index in [0.717, 1.165) is 11.1 Å². The van der Waals surface area contributed by atoms with Crippen LogP contribution in [0.25, 0.3) is 0 Å². The standard InChI is InChI=1S/C16H16Cl2N2O2/c1-2-21-16-8-11(9-20-19)6-7-15(16)22-10-12-13(17)4-3-5-14(12)18/h3-9H,2,10,19H2,1H3. The molecule has 0 heterocycles. The van der Waals surface area contributed by atoms with Crippen LogP contribution in [0.1, 0.15) is 18.1 Å². The van der Waals surface area contributed by atoms with Crippen molar-refractivity contribution in [2.75, 3.05) is 6.61 Å². The molecule has 0 spiro atoms. The van der Waals surface area contributed by atoms with Crippen molar-refractivity contribution in [2.24, 2.45) is 10.9 Å². The third-order valence-corrected chi connectivity index (χ3v) is 3.63. The second-order valence-corrected chi connectivity index (χ2v) is 5.22. The molecular weight excluding hydrogens is 323 g/mol. The minimum Gasteiger partial charge on any atom is -0.490 e. The second kappa shape index (κ2) is 7.92. The lowest BCUT2D eigenvalue weighted by Crippen LogP contribution is -2.01. The lowest BCUT2D eigenvalue weighted by Gasteiger charge is -2.14. The van der Waals surface area contributed by atoms with Crippen LogP contribution in [0.3, 0.4) is 0 Å². The van der Waals surface area contributed by atoms with Crippen molar-refractivity contribution in [3.8, 4) is 11.5 Å². The Labute approximate surface area is 139 Å². The third-order valence-electron chi connectivity index (χ3n) is 2.92. The summed E-state index contributed by atoms with van der Waals surface area (Å²) in [6.07, 6.45) is 1.54. The number of nitrogens with zero attached hydrogens (tertiary/aromatic N) is 1. The molecule has 0 fully saturated rings. The first kappa shape index (κ1) is 16.5. The predicted octanol–water partition coefficient (Wildman–Crippen LogP) is 4.26. The maximum absolute atomic E-state index is 6.14. The molecule has 6 heteroatoms. The van der Waals surface area contributed by atoms with Gasteiger partial charge < -0.3 is 15.3 Å². The van der Waals surface area contributed by atoms with Crippen LogP contribution in [-0.2, 0) is 6.61 Å². The summed E-state index contributed by atoms with van der Waals surface area (Å²) in [4.78, 5) is 0. The van der Waals surface area contributed by atoms with Crippen LogP contribution in [0.15, 0.2) is 41.5 Å². The van der Waals surface area contributed by atoms with Gasteiger partial charge in [0.2, 0.25) is 0 Å². The number of ether oxygens (including phenoxy) is 2. The molecule has 0 aliphatic rings. The van der Waals surface area contributed by atoms with Crippen molar-refractivity contribution in [2.45, 2.75) is 13.5 Å². The highest BCUT2D eigenvalue weighted by Gasteiger charge is 2.10. The first-order chi connectivity index (χ1) is 10.7. The summed E-state index contributed by atoms with van der Waals surface area (Å²) >= 11 is 12.3. The second-order valence-electron chi connectivity index (χ2n) is 4.41. The number of benzene rings is 2. The van der Waals surface area contributed by atoms with Gasteiger partial charge in [0, 0.05) is 15.6 Å². The van der Waals surface area contributed by atoms with Gasteiger partial charge in [-0.2, -0.15) is 5.10 Å². The molecule has 2 rings (SSSR count). The van der Waals surface area contributed by atoms with Gasteiger partial charge in [0.05, 0.1) is 12.8 Å². The molecule has 0 radical (unpaired) electrons. The van der Waals surface area contributed by atoms with Crippen LogP contribution in [0.5, 0.6) is 11.5 Å². The molecule has 116 valence electrons. The zero-order chi connectivity index (χ0) is 15.9. The molecule has 2 N–H and O–H groups in total. The van der Waals surface area contributed by atoms with Gasteiger partial charge in [-0.05, 0) is 42.8 Å². The fraction of sp³-hybridized carbons (Fsp3) is 0.188. The summed E-state index contributed by atoms with van der Waals surface area (Å²) < 4.78 is 11.4. The van der Waals surface area contributed by atoms with E-state index in [0.29, 0.717) is 28.2 Å². The van der Waals surface area contributed by atoms with Crippen molar-refractivity contribution >= 4 is 29.4 Å². The number of nitrogens with two attached hydrogens (primary N) is 1. The Bertz CT molecular complexity index is 655. The van der Waals surface area contributed by atoms with Crippen LogP contribution in [0.2, 0.25) is 10.0 Å². The van der Waals surface area contributed by atoms with Crippen molar-refractivity contribution < 1.29 is 9.47 Å². The van der Waals surface area contributed by atoms with E-state index in [4.69, 9.17) is 38.5 Å². The quantitative estimate of drug-likeness (QED) is 0.486. The molecule has 0 aliphatic carbocycles. The topological polar surface area (TPSA) is 56.8 Å². The smallest absolute Gasteiger partial charge is 0.161 e. The van der Waals surface area contributed by atoms with E-state index in [9.17, 15) is 0 Å². The lowest BCUT2D eigenvalue weighted by molar-refractivity contribution is 0.269. The van der Waals surface area contributed by atoms with Crippen molar-refractivity contribution in [1.29, 1.82) is 0 Å². The molecule has 0 aromatic heterocycles. The molecule has 0 saturated heterocycles. The first-order valence-corrected chi connectivity index (χ1v) is 7.47. The van der Waals surface area contributed by atoms with Gasteiger partial charge in [-0.3, -0.25) is 0 Å². The Kier molecular flexibility index (Phi) is 5.92. The zero-order valence-electron chi connectivity index (χ0n) is 12.1. The Balaban J connectivity index is 2.21. The Morgan fingerprint density at radius 1 is 1.09 bits per heavy atom. The SMILES string of the molecule is CCOc1cc(C=NN)ccc1OCc1c(Cl)cccc1Cl. The number of halogens is 2. The maximum Gasteiger partial charge on any atom is 0.161 e. The Hall–Kier alpha value is -1.91. The molecule has 2 aromatic carbocycles. The summed E-state index contributed by atoms with van der Waals surface area (Å²) in [6, 6.07) is 10.8. The van der Waals surface area contributed by atoms with Gasteiger partial charge >= 0.3 is 0 Å². The van der Waals surface area contributed by atoms with Crippen molar-refractivity contribution in [1.82, 2.24) is 0 Å². The molecular formula is C16H16Cl2N2O2. The van der Waals surface area contributed by atoms with Crippen LogP contribution in [0, 0.1) is 0 Å². The summed E-state index contributed by atoms with van der Waals surface area (Å²) in [5, 5.41) is 4.63. The van der Waals surface area contributed by atoms with Crippen LogP contribution >= 0.6 is 23.2 Å². The maximum atomic E-state index is 6.14. The van der Waals surface area contributed by atoms with Gasteiger partial charge in [-0.15, -0.1) is 0 Å². The van der Waals surface area contributed by atoms with E-state index < -0.39 is 0 Å². The van der Waals surface area contributed by atoms with Gasteiger partial charge in [-0.25, -0.2) is 0 Å². The largest absolute Gasteiger partial charge is 0.490 e. The number of hydrogen-bond donors (Lipinski definition) is 1. The van der Waals surface area contributed by atoms with E-state index in [-0.39, 0.29) is 6.61 Å². The zero-order valence-corrected chi connectivity index (χ0v) is 13.6.